The number of carbonyl (C=O) groups is 2. The molecular weight excluding hydrogens is 392 g/mol. The summed E-state index contributed by atoms with van der Waals surface area (Å²) in [7, 11) is -2.68. The Balaban J connectivity index is 1.64. The Kier molecular flexibility index (Phi) is 4.82. The molecule has 2 aromatic rings. The van der Waals surface area contributed by atoms with Crippen LogP contribution in [-0.2, 0) is 26.0 Å². The predicted molar refractivity (Wildman–Crippen MR) is 108 cm³/mol. The summed E-state index contributed by atoms with van der Waals surface area (Å²) < 4.78 is 33.1. The Morgan fingerprint density at radius 3 is 2.55 bits per heavy atom. The summed E-state index contributed by atoms with van der Waals surface area (Å²) in [5.41, 5.74) is 1.90. The molecule has 2 aliphatic rings. The minimum Gasteiger partial charge on any atom is -0.465 e. The van der Waals surface area contributed by atoms with Gasteiger partial charge in [0.1, 0.15) is 0 Å². The standard InChI is InChI=1S/C21H22N2O5S/c1-13-11-15-12-16(9-10-19(15)23(13)20(24)14-7-8-14)29(26,27)22-18-6-4-3-5-17(18)21(25)28-2/h3-6,9-10,12-14,22H,7-8,11H2,1-2H3. The van der Waals surface area contributed by atoms with Crippen LogP contribution in [0.25, 0.3) is 0 Å². The molecule has 1 fully saturated rings. The number of hydrogen-bond donors (Lipinski definition) is 1. The van der Waals surface area contributed by atoms with Crippen molar-refractivity contribution in [2.75, 3.05) is 16.7 Å². The van der Waals surface area contributed by atoms with Crippen molar-refractivity contribution in [2.24, 2.45) is 5.92 Å². The average Bonchev–Trinajstić information content (AvgIpc) is 3.49. The van der Waals surface area contributed by atoms with Crippen LogP contribution in [0.4, 0.5) is 11.4 Å². The third-order valence-electron chi connectivity index (χ3n) is 5.32. The summed E-state index contributed by atoms with van der Waals surface area (Å²) in [6, 6.07) is 11.1. The van der Waals surface area contributed by atoms with Gasteiger partial charge in [0.15, 0.2) is 0 Å². The number of sulfonamides is 1. The number of nitrogens with zero attached hydrogens (tertiary/aromatic N) is 1. The maximum absolute atomic E-state index is 12.9. The summed E-state index contributed by atoms with van der Waals surface area (Å²) in [6.45, 7) is 1.97. The smallest absolute Gasteiger partial charge is 0.339 e. The normalized spacial score (nSPS) is 18.3. The molecule has 0 radical (unpaired) electrons. The predicted octanol–water partition coefficient (Wildman–Crippen LogP) is 2.96. The second-order valence-corrected chi connectivity index (χ2v) is 9.15. The Morgan fingerprint density at radius 1 is 1.14 bits per heavy atom. The lowest BCUT2D eigenvalue weighted by Gasteiger charge is -2.22. The number of rotatable bonds is 5. The van der Waals surface area contributed by atoms with Gasteiger partial charge in [0.2, 0.25) is 5.91 Å². The Labute approximate surface area is 169 Å². The van der Waals surface area contributed by atoms with E-state index in [4.69, 9.17) is 4.74 Å². The van der Waals surface area contributed by atoms with Gasteiger partial charge in [-0.15, -0.1) is 0 Å². The molecule has 1 amide bonds. The molecule has 8 heteroatoms. The largest absolute Gasteiger partial charge is 0.465 e. The van der Waals surface area contributed by atoms with Crippen LogP contribution in [0, 0.1) is 5.92 Å². The lowest BCUT2D eigenvalue weighted by molar-refractivity contribution is -0.120. The fourth-order valence-electron chi connectivity index (χ4n) is 3.70. The number of anilines is 2. The van der Waals surface area contributed by atoms with E-state index in [1.54, 1.807) is 29.2 Å². The van der Waals surface area contributed by atoms with Gasteiger partial charge in [0.05, 0.1) is 23.3 Å². The van der Waals surface area contributed by atoms with Crippen LogP contribution in [-0.4, -0.2) is 33.4 Å². The monoisotopic (exact) mass is 414 g/mol. The molecule has 1 unspecified atom stereocenters. The summed E-state index contributed by atoms with van der Waals surface area (Å²) >= 11 is 0. The van der Waals surface area contributed by atoms with Crippen LogP contribution in [0.5, 0.6) is 0 Å². The van der Waals surface area contributed by atoms with Crippen LogP contribution in [0.1, 0.15) is 35.7 Å². The zero-order chi connectivity index (χ0) is 20.8. The van der Waals surface area contributed by atoms with Gasteiger partial charge in [0, 0.05) is 17.6 Å². The quantitative estimate of drug-likeness (QED) is 0.760. The van der Waals surface area contributed by atoms with E-state index < -0.39 is 16.0 Å². The van der Waals surface area contributed by atoms with Gasteiger partial charge in [-0.2, -0.15) is 0 Å². The van der Waals surface area contributed by atoms with E-state index in [2.05, 4.69) is 4.72 Å². The SMILES string of the molecule is COC(=O)c1ccccc1NS(=O)(=O)c1ccc2c(c1)CC(C)N2C(=O)C1CC1. The van der Waals surface area contributed by atoms with Crippen molar-refractivity contribution in [3.63, 3.8) is 0 Å². The molecule has 29 heavy (non-hydrogen) atoms. The molecule has 2 aromatic carbocycles. The Morgan fingerprint density at radius 2 is 1.86 bits per heavy atom. The molecule has 0 aromatic heterocycles. The van der Waals surface area contributed by atoms with E-state index in [1.165, 1.54) is 25.3 Å². The van der Waals surface area contributed by atoms with Crippen molar-refractivity contribution in [3.8, 4) is 0 Å². The number of amides is 1. The molecular formula is C21H22N2O5S. The summed E-state index contributed by atoms with van der Waals surface area (Å²) in [5.74, 6) is -0.402. The molecule has 1 N–H and O–H groups in total. The van der Waals surface area contributed by atoms with E-state index >= 15 is 0 Å². The fourth-order valence-corrected chi connectivity index (χ4v) is 4.83. The third kappa shape index (κ3) is 3.60. The highest BCUT2D eigenvalue weighted by atomic mass is 32.2. The molecule has 1 heterocycles. The van der Waals surface area contributed by atoms with E-state index in [-0.39, 0.29) is 34.0 Å². The molecule has 0 spiro atoms. The van der Waals surface area contributed by atoms with Crippen LogP contribution >= 0.6 is 0 Å². The van der Waals surface area contributed by atoms with Gasteiger partial charge in [-0.25, -0.2) is 13.2 Å². The number of benzene rings is 2. The Hall–Kier alpha value is -2.87. The Bertz CT molecular complexity index is 1090. The first-order valence-electron chi connectivity index (χ1n) is 9.48. The maximum Gasteiger partial charge on any atom is 0.339 e. The van der Waals surface area contributed by atoms with E-state index in [1.807, 2.05) is 6.92 Å². The minimum absolute atomic E-state index is 0.00376. The number of nitrogens with one attached hydrogen (secondary N) is 1. The highest BCUT2D eigenvalue weighted by molar-refractivity contribution is 7.92. The maximum atomic E-state index is 12.9. The van der Waals surface area contributed by atoms with Gasteiger partial charge in [0.25, 0.3) is 10.0 Å². The van der Waals surface area contributed by atoms with E-state index in [9.17, 15) is 18.0 Å². The lowest BCUT2D eigenvalue weighted by Crippen LogP contribution is -2.36. The lowest BCUT2D eigenvalue weighted by atomic mass is 10.1. The topological polar surface area (TPSA) is 92.8 Å². The number of methoxy groups -OCH3 is 1. The minimum atomic E-state index is -3.92. The summed E-state index contributed by atoms with van der Waals surface area (Å²) in [5, 5.41) is 0. The zero-order valence-electron chi connectivity index (χ0n) is 16.2. The summed E-state index contributed by atoms with van der Waals surface area (Å²) in [4.78, 5) is 26.4. The molecule has 0 bridgehead atoms. The highest BCUT2D eigenvalue weighted by Gasteiger charge is 2.39. The van der Waals surface area contributed by atoms with Gasteiger partial charge in [-0.3, -0.25) is 9.52 Å². The molecule has 1 aliphatic heterocycles. The van der Waals surface area contributed by atoms with Gasteiger partial charge in [-0.05, 0) is 62.1 Å². The first kappa shape index (κ1) is 19.4. The molecule has 0 saturated heterocycles. The van der Waals surface area contributed by atoms with Gasteiger partial charge >= 0.3 is 5.97 Å². The van der Waals surface area contributed by atoms with Crippen molar-refractivity contribution < 1.29 is 22.7 Å². The molecule has 7 nitrogen and oxygen atoms in total. The molecule has 1 saturated carbocycles. The fraction of sp³-hybridized carbons (Fsp3) is 0.333. The number of fused-ring (bicyclic) bond motifs is 1. The van der Waals surface area contributed by atoms with Crippen LogP contribution in [0.2, 0.25) is 0 Å². The van der Waals surface area contributed by atoms with Crippen LogP contribution in [0.15, 0.2) is 47.4 Å². The number of esters is 1. The highest BCUT2D eigenvalue weighted by Crippen LogP contribution is 2.39. The van der Waals surface area contributed by atoms with Crippen LogP contribution < -0.4 is 9.62 Å². The van der Waals surface area contributed by atoms with Crippen LogP contribution in [0.3, 0.4) is 0 Å². The van der Waals surface area contributed by atoms with E-state index in [0.29, 0.717) is 6.42 Å². The second-order valence-electron chi connectivity index (χ2n) is 7.47. The first-order valence-corrected chi connectivity index (χ1v) is 11.0. The third-order valence-corrected chi connectivity index (χ3v) is 6.68. The van der Waals surface area contributed by atoms with Crippen molar-refractivity contribution in [2.45, 2.75) is 37.1 Å². The molecule has 1 aliphatic carbocycles. The zero-order valence-corrected chi connectivity index (χ0v) is 17.0. The number of carbonyl (C=O) groups excluding carboxylic acids is 2. The van der Waals surface area contributed by atoms with Crippen molar-refractivity contribution in [1.82, 2.24) is 0 Å². The summed E-state index contributed by atoms with van der Waals surface area (Å²) in [6.07, 6.45) is 2.46. The second kappa shape index (κ2) is 7.18. The average molecular weight is 414 g/mol. The van der Waals surface area contributed by atoms with Gasteiger partial charge in [-0.1, -0.05) is 12.1 Å². The van der Waals surface area contributed by atoms with E-state index in [0.717, 1.165) is 24.1 Å². The van der Waals surface area contributed by atoms with Crippen molar-refractivity contribution in [3.05, 3.63) is 53.6 Å². The first-order chi connectivity index (χ1) is 13.8. The molecule has 152 valence electrons. The van der Waals surface area contributed by atoms with Crippen molar-refractivity contribution >= 4 is 33.3 Å². The molecule has 4 rings (SSSR count). The van der Waals surface area contributed by atoms with Crippen molar-refractivity contribution in [1.29, 1.82) is 0 Å². The number of hydrogen-bond acceptors (Lipinski definition) is 5. The molecule has 1 atom stereocenters. The number of para-hydroxylation sites is 1. The van der Waals surface area contributed by atoms with Gasteiger partial charge < -0.3 is 9.64 Å². The number of ether oxygens (including phenoxy) is 1.